The van der Waals surface area contributed by atoms with Gasteiger partial charge in [-0.1, -0.05) is 24.3 Å². The van der Waals surface area contributed by atoms with Crippen LogP contribution >= 0.6 is 0 Å². The molecule has 1 unspecified atom stereocenters. The molecule has 1 atom stereocenters. The lowest BCUT2D eigenvalue weighted by molar-refractivity contribution is 0.271. The molecule has 2 N–H and O–H groups in total. The third kappa shape index (κ3) is 4.26. The second-order valence-corrected chi connectivity index (χ2v) is 7.91. The predicted octanol–water partition coefficient (Wildman–Crippen LogP) is 1.00. The van der Waals surface area contributed by atoms with Gasteiger partial charge < -0.3 is 10.6 Å². The molecule has 0 radical (unpaired) electrons. The molecule has 1 aromatic rings. The van der Waals surface area contributed by atoms with Crippen molar-refractivity contribution >= 4 is 10.0 Å². The lowest BCUT2D eigenvalue weighted by Crippen LogP contribution is -2.39. The van der Waals surface area contributed by atoms with E-state index in [0.29, 0.717) is 19.1 Å². The van der Waals surface area contributed by atoms with Crippen molar-refractivity contribution in [1.29, 1.82) is 0 Å². The van der Waals surface area contributed by atoms with Gasteiger partial charge in [0.25, 0.3) is 0 Å². The van der Waals surface area contributed by atoms with Crippen molar-refractivity contribution in [3.05, 3.63) is 35.4 Å². The minimum absolute atomic E-state index is 0.0464. The number of benzene rings is 1. The van der Waals surface area contributed by atoms with E-state index in [1.54, 1.807) is 7.05 Å². The fraction of sp³-hybridized carbons (Fsp3) is 0.600. The smallest absolute Gasteiger partial charge is 0.218 e. The number of nitrogens with two attached hydrogens (primary N) is 1. The summed E-state index contributed by atoms with van der Waals surface area (Å²) in [5, 5.41) is 0. The maximum Gasteiger partial charge on any atom is 0.218 e. The highest BCUT2D eigenvalue weighted by Gasteiger charge is 2.27. The van der Waals surface area contributed by atoms with Crippen molar-refractivity contribution in [2.75, 3.05) is 27.2 Å². The van der Waals surface area contributed by atoms with E-state index in [1.807, 2.05) is 24.3 Å². The minimum Gasteiger partial charge on any atom is -0.326 e. The van der Waals surface area contributed by atoms with Crippen LogP contribution in [-0.4, -0.2) is 50.8 Å². The molecule has 5 nitrogen and oxygen atoms in total. The van der Waals surface area contributed by atoms with E-state index in [2.05, 4.69) is 11.9 Å². The van der Waals surface area contributed by atoms with Crippen molar-refractivity contribution in [2.24, 2.45) is 5.73 Å². The summed E-state index contributed by atoms with van der Waals surface area (Å²) in [6, 6.07) is 7.79. The number of hydrogen-bond donors (Lipinski definition) is 1. The van der Waals surface area contributed by atoms with Crippen molar-refractivity contribution in [3.63, 3.8) is 0 Å². The summed E-state index contributed by atoms with van der Waals surface area (Å²) in [6.07, 6.45) is 2.22. The van der Waals surface area contributed by atoms with Gasteiger partial charge in [0, 0.05) is 26.2 Å². The quantitative estimate of drug-likeness (QED) is 0.851. The first kappa shape index (κ1) is 16.4. The number of hydrogen-bond acceptors (Lipinski definition) is 4. The summed E-state index contributed by atoms with van der Waals surface area (Å²) in [5.74, 6) is 0.0464. The molecule has 0 amide bonds. The topological polar surface area (TPSA) is 66.6 Å². The lowest BCUT2D eigenvalue weighted by atomic mass is 10.1. The molecule has 21 heavy (non-hydrogen) atoms. The van der Waals surface area contributed by atoms with Gasteiger partial charge in [0.2, 0.25) is 10.0 Å². The van der Waals surface area contributed by atoms with Crippen LogP contribution in [0.2, 0.25) is 0 Å². The number of likely N-dealkylation sites (tertiary alicyclic amines) is 1. The molecule has 0 aliphatic carbocycles. The Hall–Kier alpha value is -0.950. The first-order chi connectivity index (χ1) is 9.92. The molecule has 6 heteroatoms. The highest BCUT2D eigenvalue weighted by molar-refractivity contribution is 7.88. The zero-order chi connectivity index (χ0) is 15.5. The summed E-state index contributed by atoms with van der Waals surface area (Å²) >= 11 is 0. The van der Waals surface area contributed by atoms with Crippen molar-refractivity contribution in [3.8, 4) is 0 Å². The van der Waals surface area contributed by atoms with Crippen LogP contribution in [0.1, 0.15) is 24.0 Å². The second kappa shape index (κ2) is 6.87. The molecule has 0 spiro atoms. The molecular formula is C15H25N3O2S. The maximum absolute atomic E-state index is 12.4. The number of likely N-dealkylation sites (N-methyl/N-ethyl adjacent to an activating group) is 2. The van der Waals surface area contributed by atoms with Crippen molar-refractivity contribution in [1.82, 2.24) is 9.21 Å². The highest BCUT2D eigenvalue weighted by Crippen LogP contribution is 2.18. The molecular weight excluding hydrogens is 286 g/mol. The van der Waals surface area contributed by atoms with Gasteiger partial charge in [0.05, 0.1) is 5.75 Å². The van der Waals surface area contributed by atoms with E-state index in [9.17, 15) is 8.42 Å². The Kier molecular flexibility index (Phi) is 5.37. The summed E-state index contributed by atoms with van der Waals surface area (Å²) in [6.45, 7) is 2.10. The number of sulfonamides is 1. The van der Waals surface area contributed by atoms with Gasteiger partial charge in [-0.15, -0.1) is 0 Å². The third-order valence-electron chi connectivity index (χ3n) is 4.22. The van der Waals surface area contributed by atoms with Gasteiger partial charge in [-0.3, -0.25) is 0 Å². The van der Waals surface area contributed by atoms with Crippen LogP contribution < -0.4 is 5.73 Å². The Morgan fingerprint density at radius 3 is 2.43 bits per heavy atom. The molecule has 1 aromatic carbocycles. The SMILES string of the molecule is CN1CCCC1CN(C)S(=O)(=O)Cc1ccc(CN)cc1. The Morgan fingerprint density at radius 1 is 1.29 bits per heavy atom. The van der Waals surface area contributed by atoms with E-state index in [-0.39, 0.29) is 5.75 Å². The summed E-state index contributed by atoms with van der Waals surface area (Å²) in [7, 11) is 0.467. The van der Waals surface area contributed by atoms with Gasteiger partial charge >= 0.3 is 0 Å². The Bertz CT molecular complexity index is 557. The normalized spacial score (nSPS) is 20.3. The van der Waals surface area contributed by atoms with Crippen LogP contribution in [0, 0.1) is 0 Å². The predicted molar refractivity (Wildman–Crippen MR) is 85.2 cm³/mol. The molecule has 0 bridgehead atoms. The largest absolute Gasteiger partial charge is 0.326 e. The zero-order valence-electron chi connectivity index (χ0n) is 12.8. The van der Waals surface area contributed by atoms with Crippen LogP contribution in [0.4, 0.5) is 0 Å². The summed E-state index contributed by atoms with van der Waals surface area (Å²) < 4.78 is 26.4. The van der Waals surface area contributed by atoms with Crippen LogP contribution in [0.25, 0.3) is 0 Å². The van der Waals surface area contributed by atoms with Gasteiger partial charge in [-0.25, -0.2) is 12.7 Å². The molecule has 118 valence electrons. The fourth-order valence-corrected chi connectivity index (χ4v) is 3.95. The molecule has 1 heterocycles. The average Bonchev–Trinajstić information content (AvgIpc) is 2.85. The molecule has 0 aromatic heterocycles. The third-order valence-corrected chi connectivity index (χ3v) is 6.02. The fourth-order valence-electron chi connectivity index (χ4n) is 2.71. The molecule has 1 aliphatic heterocycles. The van der Waals surface area contributed by atoms with E-state index in [0.717, 1.165) is 30.5 Å². The average molecular weight is 311 g/mol. The van der Waals surface area contributed by atoms with Gasteiger partial charge in [0.15, 0.2) is 0 Å². The standard InChI is InChI=1S/C15H25N3O2S/c1-17-9-3-4-15(17)11-18(2)21(19,20)12-14-7-5-13(10-16)6-8-14/h5-8,15H,3-4,9-12,16H2,1-2H3. The zero-order valence-corrected chi connectivity index (χ0v) is 13.6. The summed E-state index contributed by atoms with van der Waals surface area (Å²) in [5.41, 5.74) is 7.36. The van der Waals surface area contributed by atoms with Gasteiger partial charge in [-0.05, 0) is 37.6 Å². The van der Waals surface area contributed by atoms with Gasteiger partial charge in [0.1, 0.15) is 0 Å². The highest BCUT2D eigenvalue weighted by atomic mass is 32.2. The van der Waals surface area contributed by atoms with Crippen LogP contribution in [0.5, 0.6) is 0 Å². The Morgan fingerprint density at radius 2 is 1.90 bits per heavy atom. The van der Waals surface area contributed by atoms with Crippen LogP contribution in [-0.2, 0) is 22.3 Å². The van der Waals surface area contributed by atoms with E-state index in [1.165, 1.54) is 4.31 Å². The Balaban J connectivity index is 1.99. The van der Waals surface area contributed by atoms with Crippen LogP contribution in [0.15, 0.2) is 24.3 Å². The second-order valence-electron chi connectivity index (χ2n) is 5.83. The summed E-state index contributed by atoms with van der Waals surface area (Å²) in [4.78, 5) is 2.24. The maximum atomic E-state index is 12.4. The first-order valence-electron chi connectivity index (χ1n) is 7.34. The van der Waals surface area contributed by atoms with Crippen molar-refractivity contribution in [2.45, 2.75) is 31.2 Å². The minimum atomic E-state index is -3.27. The van der Waals surface area contributed by atoms with E-state index < -0.39 is 10.0 Å². The molecule has 2 rings (SSSR count). The van der Waals surface area contributed by atoms with Crippen molar-refractivity contribution < 1.29 is 8.42 Å². The molecule has 0 saturated carbocycles. The van der Waals surface area contributed by atoms with Gasteiger partial charge in [-0.2, -0.15) is 0 Å². The molecule has 1 saturated heterocycles. The van der Waals surface area contributed by atoms with Crippen LogP contribution in [0.3, 0.4) is 0 Å². The lowest BCUT2D eigenvalue weighted by Gasteiger charge is -2.25. The number of nitrogens with zero attached hydrogens (tertiary/aromatic N) is 2. The van der Waals surface area contributed by atoms with E-state index in [4.69, 9.17) is 5.73 Å². The Labute approximate surface area is 127 Å². The molecule has 1 aliphatic rings. The monoisotopic (exact) mass is 311 g/mol. The first-order valence-corrected chi connectivity index (χ1v) is 8.95. The molecule has 1 fully saturated rings. The number of rotatable bonds is 6. The van der Waals surface area contributed by atoms with E-state index >= 15 is 0 Å².